The van der Waals surface area contributed by atoms with E-state index in [1.165, 1.54) is 12.1 Å². The SMILES string of the molecule is Cc1ccc(NS(=O)(=O)c2ccc(Cl)c([N+](=O)[O-])c2)cc1C. The first kappa shape index (κ1) is 16.3. The highest BCUT2D eigenvalue weighted by Gasteiger charge is 2.20. The van der Waals surface area contributed by atoms with Gasteiger partial charge in [0.15, 0.2) is 0 Å². The van der Waals surface area contributed by atoms with Crippen LogP contribution in [0.15, 0.2) is 41.3 Å². The van der Waals surface area contributed by atoms with Gasteiger partial charge in [-0.2, -0.15) is 0 Å². The number of hydrogen-bond donors (Lipinski definition) is 1. The van der Waals surface area contributed by atoms with Gasteiger partial charge in [-0.15, -0.1) is 0 Å². The normalized spacial score (nSPS) is 11.2. The van der Waals surface area contributed by atoms with Crippen molar-refractivity contribution in [1.82, 2.24) is 0 Å². The lowest BCUT2D eigenvalue weighted by Gasteiger charge is -2.10. The molecule has 0 aliphatic carbocycles. The molecular formula is C14H13ClN2O4S. The van der Waals surface area contributed by atoms with Crippen LogP contribution < -0.4 is 4.72 Å². The van der Waals surface area contributed by atoms with E-state index < -0.39 is 20.6 Å². The van der Waals surface area contributed by atoms with Crippen LogP contribution >= 0.6 is 11.6 Å². The number of sulfonamides is 1. The zero-order valence-electron chi connectivity index (χ0n) is 11.8. The molecule has 22 heavy (non-hydrogen) atoms. The van der Waals surface area contributed by atoms with Crippen LogP contribution in [0, 0.1) is 24.0 Å². The first-order chi connectivity index (χ1) is 10.2. The number of nitrogens with one attached hydrogen (secondary N) is 1. The van der Waals surface area contributed by atoms with E-state index in [2.05, 4.69) is 4.72 Å². The molecule has 2 rings (SSSR count). The lowest BCUT2D eigenvalue weighted by molar-refractivity contribution is -0.384. The van der Waals surface area contributed by atoms with Gasteiger partial charge in [-0.3, -0.25) is 14.8 Å². The van der Waals surface area contributed by atoms with Crippen molar-refractivity contribution in [1.29, 1.82) is 0 Å². The fourth-order valence-corrected chi connectivity index (χ4v) is 3.07. The lowest BCUT2D eigenvalue weighted by atomic mass is 10.1. The highest BCUT2D eigenvalue weighted by atomic mass is 35.5. The zero-order chi connectivity index (χ0) is 16.5. The highest BCUT2D eigenvalue weighted by molar-refractivity contribution is 7.92. The molecule has 0 aliphatic heterocycles. The Kier molecular flexibility index (Phi) is 4.39. The number of anilines is 1. The molecule has 0 unspecified atom stereocenters. The second-order valence-corrected chi connectivity index (χ2v) is 6.86. The van der Waals surface area contributed by atoms with Gasteiger partial charge in [0, 0.05) is 11.8 Å². The minimum atomic E-state index is -3.93. The van der Waals surface area contributed by atoms with Crippen LogP contribution in [0.2, 0.25) is 5.02 Å². The molecule has 0 atom stereocenters. The number of rotatable bonds is 4. The van der Waals surface area contributed by atoms with Gasteiger partial charge in [0.1, 0.15) is 5.02 Å². The monoisotopic (exact) mass is 340 g/mol. The lowest BCUT2D eigenvalue weighted by Crippen LogP contribution is -2.13. The summed E-state index contributed by atoms with van der Waals surface area (Å²) < 4.78 is 27.0. The van der Waals surface area contributed by atoms with E-state index in [0.29, 0.717) is 5.69 Å². The van der Waals surface area contributed by atoms with Crippen molar-refractivity contribution in [2.75, 3.05) is 4.72 Å². The maximum Gasteiger partial charge on any atom is 0.289 e. The molecular weight excluding hydrogens is 328 g/mol. The summed E-state index contributed by atoms with van der Waals surface area (Å²) in [5.74, 6) is 0. The van der Waals surface area contributed by atoms with Crippen LogP contribution in [0.25, 0.3) is 0 Å². The summed E-state index contributed by atoms with van der Waals surface area (Å²) in [6.45, 7) is 3.77. The molecule has 6 nitrogen and oxygen atoms in total. The topological polar surface area (TPSA) is 89.3 Å². The van der Waals surface area contributed by atoms with Crippen LogP contribution in [0.1, 0.15) is 11.1 Å². The zero-order valence-corrected chi connectivity index (χ0v) is 13.4. The van der Waals surface area contributed by atoms with Gasteiger partial charge in [0.2, 0.25) is 0 Å². The van der Waals surface area contributed by atoms with Gasteiger partial charge in [-0.05, 0) is 49.2 Å². The number of nitro groups is 1. The van der Waals surface area contributed by atoms with Crippen molar-refractivity contribution in [2.24, 2.45) is 0 Å². The third kappa shape index (κ3) is 3.37. The summed E-state index contributed by atoms with van der Waals surface area (Å²) in [4.78, 5) is 9.90. The number of benzene rings is 2. The smallest absolute Gasteiger partial charge is 0.280 e. The molecule has 116 valence electrons. The molecule has 2 aromatic carbocycles. The van der Waals surface area contributed by atoms with E-state index in [9.17, 15) is 18.5 Å². The van der Waals surface area contributed by atoms with E-state index in [4.69, 9.17) is 11.6 Å². The number of nitro benzene ring substituents is 1. The first-order valence-corrected chi connectivity index (χ1v) is 8.11. The maximum atomic E-state index is 12.3. The standard InChI is InChI=1S/C14H13ClN2O4S/c1-9-3-4-11(7-10(9)2)16-22(20,21)12-5-6-13(15)14(8-12)17(18)19/h3-8,16H,1-2H3. The molecule has 0 aliphatic rings. The van der Waals surface area contributed by atoms with Crippen molar-refractivity contribution in [3.63, 3.8) is 0 Å². The van der Waals surface area contributed by atoms with Gasteiger partial charge in [0.05, 0.1) is 9.82 Å². The predicted molar refractivity (Wildman–Crippen MR) is 84.8 cm³/mol. The van der Waals surface area contributed by atoms with Gasteiger partial charge < -0.3 is 0 Å². The van der Waals surface area contributed by atoms with E-state index in [1.807, 2.05) is 13.8 Å². The molecule has 0 saturated carbocycles. The van der Waals surface area contributed by atoms with E-state index in [1.54, 1.807) is 18.2 Å². The third-order valence-electron chi connectivity index (χ3n) is 3.18. The summed E-state index contributed by atoms with van der Waals surface area (Å²) in [5.41, 5.74) is 1.90. The second-order valence-electron chi connectivity index (χ2n) is 4.77. The number of hydrogen-bond acceptors (Lipinski definition) is 4. The fourth-order valence-electron chi connectivity index (χ4n) is 1.82. The van der Waals surface area contributed by atoms with Gasteiger partial charge >= 0.3 is 0 Å². The number of halogens is 1. The summed E-state index contributed by atoms with van der Waals surface area (Å²) in [7, 11) is -3.93. The van der Waals surface area contributed by atoms with Crippen LogP contribution in [0.3, 0.4) is 0 Å². The number of aryl methyl sites for hydroxylation is 2. The Balaban J connectivity index is 2.40. The molecule has 0 heterocycles. The van der Waals surface area contributed by atoms with Crippen molar-refractivity contribution >= 4 is 33.0 Å². The molecule has 2 aromatic rings. The van der Waals surface area contributed by atoms with Gasteiger partial charge in [-0.1, -0.05) is 17.7 Å². The maximum absolute atomic E-state index is 12.3. The Hall–Kier alpha value is -2.12. The molecule has 8 heteroatoms. The molecule has 0 spiro atoms. The van der Waals surface area contributed by atoms with Crippen molar-refractivity contribution < 1.29 is 13.3 Å². The fraction of sp³-hybridized carbons (Fsp3) is 0.143. The highest BCUT2D eigenvalue weighted by Crippen LogP contribution is 2.28. The molecule has 0 amide bonds. The third-order valence-corrected chi connectivity index (χ3v) is 4.88. The molecule has 1 N–H and O–H groups in total. The average molecular weight is 341 g/mol. The van der Waals surface area contributed by atoms with Crippen LogP contribution in [-0.2, 0) is 10.0 Å². The number of nitrogens with zero attached hydrogens (tertiary/aromatic N) is 1. The van der Waals surface area contributed by atoms with Gasteiger partial charge in [0.25, 0.3) is 15.7 Å². The van der Waals surface area contributed by atoms with Crippen molar-refractivity contribution in [3.8, 4) is 0 Å². The predicted octanol–water partition coefficient (Wildman–Crippen LogP) is 3.67. The minimum Gasteiger partial charge on any atom is -0.280 e. The summed E-state index contributed by atoms with van der Waals surface area (Å²) in [6.07, 6.45) is 0. The molecule has 0 fully saturated rings. The largest absolute Gasteiger partial charge is 0.289 e. The molecule has 0 aromatic heterocycles. The summed E-state index contributed by atoms with van der Waals surface area (Å²) >= 11 is 5.68. The van der Waals surface area contributed by atoms with E-state index in [0.717, 1.165) is 17.2 Å². The van der Waals surface area contributed by atoms with Gasteiger partial charge in [-0.25, -0.2) is 8.42 Å². The average Bonchev–Trinajstić information content (AvgIpc) is 2.42. The van der Waals surface area contributed by atoms with Crippen LogP contribution in [0.4, 0.5) is 11.4 Å². The van der Waals surface area contributed by atoms with E-state index in [-0.39, 0.29) is 9.92 Å². The molecule has 0 bridgehead atoms. The second kappa shape index (κ2) is 5.94. The van der Waals surface area contributed by atoms with Crippen molar-refractivity contribution in [2.45, 2.75) is 18.7 Å². The Morgan fingerprint density at radius 2 is 1.77 bits per heavy atom. The summed E-state index contributed by atoms with van der Waals surface area (Å²) in [5, 5.41) is 10.7. The Labute approximate surface area is 132 Å². The van der Waals surface area contributed by atoms with Crippen LogP contribution in [0.5, 0.6) is 0 Å². The summed E-state index contributed by atoms with van der Waals surface area (Å²) in [6, 6.07) is 8.46. The van der Waals surface area contributed by atoms with E-state index >= 15 is 0 Å². The quantitative estimate of drug-likeness (QED) is 0.679. The van der Waals surface area contributed by atoms with Crippen molar-refractivity contribution in [3.05, 3.63) is 62.7 Å². The molecule has 0 saturated heterocycles. The minimum absolute atomic E-state index is 0.116. The first-order valence-electron chi connectivity index (χ1n) is 6.25. The van der Waals surface area contributed by atoms with Crippen LogP contribution in [-0.4, -0.2) is 13.3 Å². The Bertz CT molecular complexity index is 850. The Morgan fingerprint density at radius 1 is 1.09 bits per heavy atom. The Morgan fingerprint density at radius 3 is 2.36 bits per heavy atom. The molecule has 0 radical (unpaired) electrons.